The summed E-state index contributed by atoms with van der Waals surface area (Å²) in [6, 6.07) is 6.37. The Morgan fingerprint density at radius 1 is 1.35 bits per heavy atom. The third-order valence-electron chi connectivity index (χ3n) is 3.05. The fourth-order valence-corrected chi connectivity index (χ4v) is 2.08. The van der Waals surface area contributed by atoms with Crippen molar-refractivity contribution in [3.8, 4) is 11.4 Å². The first-order valence-corrected chi connectivity index (χ1v) is 6.16. The van der Waals surface area contributed by atoms with Gasteiger partial charge in [-0.05, 0) is 19.4 Å². The Morgan fingerprint density at radius 2 is 2.05 bits per heavy atom. The average molecular weight is 273 g/mol. The molecule has 0 aliphatic heterocycles. The fourth-order valence-electron chi connectivity index (χ4n) is 2.08. The first-order valence-electron chi connectivity index (χ1n) is 6.16. The van der Waals surface area contributed by atoms with Gasteiger partial charge in [-0.3, -0.25) is 10.1 Å². The number of nitrogens with one attached hydrogen (secondary N) is 1. The van der Waals surface area contributed by atoms with Crippen LogP contribution in [-0.4, -0.2) is 14.9 Å². The molecule has 0 fully saturated rings. The first kappa shape index (κ1) is 13.9. The van der Waals surface area contributed by atoms with Gasteiger partial charge in [-0.2, -0.15) is 0 Å². The van der Waals surface area contributed by atoms with Gasteiger partial charge in [0.2, 0.25) is 0 Å². The predicted molar refractivity (Wildman–Crippen MR) is 76.0 cm³/mol. The first-order chi connectivity index (χ1) is 9.58. The summed E-state index contributed by atoms with van der Waals surface area (Å²) >= 11 is 0. The molecule has 0 saturated carbocycles. The van der Waals surface area contributed by atoms with Gasteiger partial charge in [-0.1, -0.05) is 19.1 Å². The molecule has 0 saturated heterocycles. The zero-order chi connectivity index (χ0) is 14.7. The Labute approximate surface area is 116 Å². The van der Waals surface area contributed by atoms with E-state index in [1.165, 1.54) is 6.07 Å². The number of nitro groups is 1. The lowest BCUT2D eigenvalue weighted by molar-refractivity contribution is -0.384. The number of rotatable bonds is 4. The normalized spacial score (nSPS) is 10.3. The van der Waals surface area contributed by atoms with Gasteiger partial charge in [-0.15, -0.1) is 0 Å². The summed E-state index contributed by atoms with van der Waals surface area (Å²) in [4.78, 5) is 19.3. The van der Waals surface area contributed by atoms with Gasteiger partial charge in [0.15, 0.2) is 5.82 Å². The predicted octanol–water partition coefficient (Wildman–Crippen LogP) is 2.21. The SMILES string of the molecule is CCc1c(C)nc(-c2ccccc2[N+](=O)[O-])nc1NN. The van der Waals surface area contributed by atoms with Crippen LogP contribution in [0.4, 0.5) is 11.5 Å². The van der Waals surface area contributed by atoms with E-state index in [2.05, 4.69) is 15.4 Å². The topological polar surface area (TPSA) is 107 Å². The van der Waals surface area contributed by atoms with Crippen LogP contribution in [-0.2, 0) is 6.42 Å². The molecule has 0 amide bonds. The Hall–Kier alpha value is -2.54. The molecule has 20 heavy (non-hydrogen) atoms. The standard InChI is InChI=1S/C13H15N5O2/c1-3-9-8(2)15-12(16-13(9)17-14)10-6-4-5-7-11(10)18(19)20/h4-7H,3,14H2,1-2H3,(H,15,16,17). The number of aryl methyl sites for hydroxylation is 1. The van der Waals surface area contributed by atoms with Crippen molar-refractivity contribution >= 4 is 11.5 Å². The van der Waals surface area contributed by atoms with Crippen LogP contribution < -0.4 is 11.3 Å². The second kappa shape index (κ2) is 5.62. The van der Waals surface area contributed by atoms with Crippen LogP contribution in [0.25, 0.3) is 11.4 Å². The van der Waals surface area contributed by atoms with Crippen LogP contribution in [0.3, 0.4) is 0 Å². The van der Waals surface area contributed by atoms with Crippen LogP contribution in [0.2, 0.25) is 0 Å². The second-order valence-electron chi connectivity index (χ2n) is 4.23. The summed E-state index contributed by atoms with van der Waals surface area (Å²) in [6.07, 6.45) is 0.725. The van der Waals surface area contributed by atoms with E-state index in [-0.39, 0.29) is 5.69 Å². The van der Waals surface area contributed by atoms with E-state index in [0.29, 0.717) is 17.2 Å². The largest absolute Gasteiger partial charge is 0.308 e. The molecule has 0 atom stereocenters. The van der Waals surface area contributed by atoms with Crippen LogP contribution in [0.15, 0.2) is 24.3 Å². The van der Waals surface area contributed by atoms with Crippen molar-refractivity contribution in [1.29, 1.82) is 0 Å². The average Bonchev–Trinajstić information content (AvgIpc) is 2.46. The number of hydrazine groups is 1. The fraction of sp³-hybridized carbons (Fsp3) is 0.231. The second-order valence-corrected chi connectivity index (χ2v) is 4.23. The smallest absolute Gasteiger partial charge is 0.280 e. The lowest BCUT2D eigenvalue weighted by atomic mass is 10.1. The number of nitrogen functional groups attached to an aromatic ring is 1. The minimum absolute atomic E-state index is 0.0286. The number of nitrogens with two attached hydrogens (primary N) is 1. The van der Waals surface area contributed by atoms with Crippen LogP contribution in [0, 0.1) is 17.0 Å². The van der Waals surface area contributed by atoms with E-state index in [1.54, 1.807) is 18.2 Å². The number of para-hydroxylation sites is 1. The molecule has 1 aromatic carbocycles. The summed E-state index contributed by atoms with van der Waals surface area (Å²) in [5, 5.41) is 11.1. The maximum atomic E-state index is 11.1. The monoisotopic (exact) mass is 273 g/mol. The third kappa shape index (κ3) is 2.43. The summed E-state index contributed by atoms with van der Waals surface area (Å²) in [5.41, 5.74) is 4.52. The highest BCUT2D eigenvalue weighted by molar-refractivity contribution is 5.69. The Bertz CT molecular complexity index is 657. The van der Waals surface area contributed by atoms with Crippen molar-refractivity contribution in [2.75, 3.05) is 5.43 Å². The molecule has 0 aliphatic carbocycles. The van der Waals surface area contributed by atoms with Crippen LogP contribution in [0.1, 0.15) is 18.2 Å². The van der Waals surface area contributed by atoms with Crippen molar-refractivity contribution in [2.45, 2.75) is 20.3 Å². The van der Waals surface area contributed by atoms with Crippen LogP contribution in [0.5, 0.6) is 0 Å². The molecule has 7 heteroatoms. The summed E-state index contributed by atoms with van der Waals surface area (Å²) in [5.74, 6) is 6.25. The van der Waals surface area contributed by atoms with Gasteiger partial charge in [0, 0.05) is 17.3 Å². The van der Waals surface area contributed by atoms with Gasteiger partial charge in [0.05, 0.1) is 10.5 Å². The maximum absolute atomic E-state index is 11.1. The zero-order valence-corrected chi connectivity index (χ0v) is 11.3. The van der Waals surface area contributed by atoms with Crippen LogP contribution >= 0.6 is 0 Å². The molecule has 7 nitrogen and oxygen atoms in total. The van der Waals surface area contributed by atoms with Crippen molar-refractivity contribution in [3.05, 3.63) is 45.6 Å². The molecule has 104 valence electrons. The molecule has 0 spiro atoms. The molecule has 0 bridgehead atoms. The molecule has 1 aromatic heterocycles. The van der Waals surface area contributed by atoms with Crippen molar-refractivity contribution in [1.82, 2.24) is 9.97 Å². The molecule has 1 heterocycles. The number of aromatic nitrogens is 2. The summed E-state index contributed by atoms with van der Waals surface area (Å²) in [7, 11) is 0. The van der Waals surface area contributed by atoms with Crippen molar-refractivity contribution in [2.24, 2.45) is 5.84 Å². The van der Waals surface area contributed by atoms with Gasteiger partial charge < -0.3 is 5.43 Å². The molecule has 0 radical (unpaired) electrons. The number of nitrogens with zero attached hydrogens (tertiary/aromatic N) is 3. The number of anilines is 1. The Balaban J connectivity index is 2.65. The molecule has 0 unspecified atom stereocenters. The van der Waals surface area contributed by atoms with Gasteiger partial charge in [-0.25, -0.2) is 15.8 Å². The minimum Gasteiger partial charge on any atom is -0.308 e. The molecular formula is C13H15N5O2. The Kier molecular flexibility index (Phi) is 3.90. The molecule has 0 aliphatic rings. The molecular weight excluding hydrogens is 258 g/mol. The van der Waals surface area contributed by atoms with Crippen molar-refractivity contribution in [3.63, 3.8) is 0 Å². The van der Waals surface area contributed by atoms with E-state index in [4.69, 9.17) is 5.84 Å². The number of benzene rings is 1. The van der Waals surface area contributed by atoms with E-state index in [0.717, 1.165) is 17.7 Å². The van der Waals surface area contributed by atoms with E-state index in [9.17, 15) is 10.1 Å². The van der Waals surface area contributed by atoms with Gasteiger partial charge >= 0.3 is 0 Å². The molecule has 2 aromatic rings. The summed E-state index contributed by atoms with van der Waals surface area (Å²) < 4.78 is 0. The highest BCUT2D eigenvalue weighted by atomic mass is 16.6. The van der Waals surface area contributed by atoms with E-state index in [1.807, 2.05) is 13.8 Å². The zero-order valence-electron chi connectivity index (χ0n) is 11.3. The van der Waals surface area contributed by atoms with E-state index >= 15 is 0 Å². The van der Waals surface area contributed by atoms with E-state index < -0.39 is 4.92 Å². The van der Waals surface area contributed by atoms with Gasteiger partial charge in [0.25, 0.3) is 5.69 Å². The quantitative estimate of drug-likeness (QED) is 0.502. The highest BCUT2D eigenvalue weighted by Gasteiger charge is 2.18. The van der Waals surface area contributed by atoms with Gasteiger partial charge in [0.1, 0.15) is 5.82 Å². The summed E-state index contributed by atoms with van der Waals surface area (Å²) in [6.45, 7) is 3.80. The molecule has 2 rings (SSSR count). The number of nitro benzene ring substituents is 1. The Morgan fingerprint density at radius 3 is 2.65 bits per heavy atom. The lowest BCUT2D eigenvalue weighted by Gasteiger charge is -2.11. The lowest BCUT2D eigenvalue weighted by Crippen LogP contribution is -2.13. The maximum Gasteiger partial charge on any atom is 0.280 e. The third-order valence-corrected chi connectivity index (χ3v) is 3.05. The minimum atomic E-state index is -0.447. The highest BCUT2D eigenvalue weighted by Crippen LogP contribution is 2.29. The number of hydrogen-bond acceptors (Lipinski definition) is 6. The van der Waals surface area contributed by atoms with Crippen molar-refractivity contribution < 1.29 is 4.92 Å². The molecule has 3 N–H and O–H groups in total. The number of hydrogen-bond donors (Lipinski definition) is 2.